The van der Waals surface area contributed by atoms with Gasteiger partial charge >= 0.3 is 0 Å². The van der Waals surface area contributed by atoms with Crippen molar-refractivity contribution >= 4 is 33.0 Å². The number of nitrogens with zero attached hydrogens (tertiary/aromatic N) is 1. The standard InChI is InChI=1S/C20H26N2O3S2/c1-22(27(24,25)17-12-8-5-9-13-17)18-14-15-26-19(18)20(23)21-16-10-6-3-2-4-7-11-16/h5,8-9,12-16H,2-4,6-7,10-11H2,1H3,(H,21,23). The summed E-state index contributed by atoms with van der Waals surface area (Å²) in [4.78, 5) is 13.5. The van der Waals surface area contributed by atoms with Crippen LogP contribution in [0.4, 0.5) is 5.69 Å². The van der Waals surface area contributed by atoms with Crippen LogP contribution in [0.2, 0.25) is 0 Å². The van der Waals surface area contributed by atoms with Gasteiger partial charge in [-0.1, -0.05) is 50.3 Å². The molecule has 0 spiro atoms. The summed E-state index contributed by atoms with van der Waals surface area (Å²) in [6.45, 7) is 0. The summed E-state index contributed by atoms with van der Waals surface area (Å²) in [6.07, 6.45) is 7.95. The fourth-order valence-corrected chi connectivity index (χ4v) is 5.56. The molecule has 1 amide bonds. The number of hydrogen-bond donors (Lipinski definition) is 1. The third-order valence-electron chi connectivity index (χ3n) is 5.03. The minimum atomic E-state index is -3.70. The fourth-order valence-electron chi connectivity index (χ4n) is 3.45. The van der Waals surface area contributed by atoms with Crippen LogP contribution in [0, 0.1) is 0 Å². The lowest BCUT2D eigenvalue weighted by atomic mass is 9.97. The summed E-state index contributed by atoms with van der Waals surface area (Å²) in [7, 11) is -2.20. The SMILES string of the molecule is CN(c1ccsc1C(=O)NC1CCCCCCC1)S(=O)(=O)c1ccccc1. The molecule has 146 valence electrons. The first kappa shape index (κ1) is 19.9. The summed E-state index contributed by atoms with van der Waals surface area (Å²) >= 11 is 1.28. The molecule has 1 fully saturated rings. The molecule has 0 atom stereocenters. The molecule has 0 bridgehead atoms. The average Bonchev–Trinajstić information content (AvgIpc) is 3.13. The smallest absolute Gasteiger partial charge is 0.264 e. The summed E-state index contributed by atoms with van der Waals surface area (Å²) in [6, 6.07) is 10.1. The van der Waals surface area contributed by atoms with E-state index in [1.807, 2.05) is 0 Å². The average molecular weight is 407 g/mol. The van der Waals surface area contributed by atoms with E-state index in [2.05, 4.69) is 5.32 Å². The van der Waals surface area contributed by atoms with Crippen molar-refractivity contribution in [1.29, 1.82) is 0 Å². The Labute approximate surface area is 165 Å². The maximum absolute atomic E-state index is 12.9. The topological polar surface area (TPSA) is 66.5 Å². The van der Waals surface area contributed by atoms with Gasteiger partial charge in [-0.05, 0) is 36.4 Å². The van der Waals surface area contributed by atoms with Gasteiger partial charge in [0, 0.05) is 13.1 Å². The zero-order chi connectivity index (χ0) is 19.3. The molecule has 1 aromatic carbocycles. The molecule has 1 heterocycles. The first-order chi connectivity index (χ1) is 13.0. The van der Waals surface area contributed by atoms with Crippen LogP contribution in [-0.2, 0) is 10.0 Å². The van der Waals surface area contributed by atoms with Crippen molar-refractivity contribution in [1.82, 2.24) is 5.32 Å². The lowest BCUT2D eigenvalue weighted by molar-refractivity contribution is 0.0935. The van der Waals surface area contributed by atoms with Gasteiger partial charge in [0.2, 0.25) is 0 Å². The van der Waals surface area contributed by atoms with Crippen LogP contribution in [0.3, 0.4) is 0 Å². The molecule has 1 N–H and O–H groups in total. The van der Waals surface area contributed by atoms with E-state index < -0.39 is 10.0 Å². The highest BCUT2D eigenvalue weighted by atomic mass is 32.2. The van der Waals surface area contributed by atoms with Gasteiger partial charge in [0.05, 0.1) is 10.6 Å². The van der Waals surface area contributed by atoms with Crippen molar-refractivity contribution < 1.29 is 13.2 Å². The van der Waals surface area contributed by atoms with Crippen LogP contribution in [0.5, 0.6) is 0 Å². The second-order valence-electron chi connectivity index (χ2n) is 6.94. The molecule has 1 aliphatic carbocycles. The number of amides is 1. The van der Waals surface area contributed by atoms with Gasteiger partial charge in [-0.3, -0.25) is 9.10 Å². The van der Waals surface area contributed by atoms with Gasteiger partial charge in [-0.2, -0.15) is 0 Å². The molecule has 2 aromatic rings. The van der Waals surface area contributed by atoms with Crippen molar-refractivity contribution in [3.8, 4) is 0 Å². The highest BCUT2D eigenvalue weighted by molar-refractivity contribution is 7.92. The summed E-state index contributed by atoms with van der Waals surface area (Å²) < 4.78 is 27.0. The quantitative estimate of drug-likeness (QED) is 0.799. The normalized spacial score (nSPS) is 16.3. The second kappa shape index (κ2) is 8.89. The van der Waals surface area contributed by atoms with Gasteiger partial charge < -0.3 is 5.32 Å². The highest BCUT2D eigenvalue weighted by Gasteiger charge is 2.27. The van der Waals surface area contributed by atoms with Crippen molar-refractivity contribution in [3.63, 3.8) is 0 Å². The van der Waals surface area contributed by atoms with E-state index in [0.29, 0.717) is 10.6 Å². The van der Waals surface area contributed by atoms with E-state index in [1.54, 1.807) is 41.8 Å². The molecular formula is C20H26N2O3S2. The van der Waals surface area contributed by atoms with Crippen LogP contribution in [0.25, 0.3) is 0 Å². The van der Waals surface area contributed by atoms with E-state index in [-0.39, 0.29) is 16.8 Å². The number of anilines is 1. The van der Waals surface area contributed by atoms with Crippen molar-refractivity contribution in [3.05, 3.63) is 46.7 Å². The minimum absolute atomic E-state index is 0.170. The third kappa shape index (κ3) is 4.71. The zero-order valence-corrected chi connectivity index (χ0v) is 17.2. The maximum atomic E-state index is 12.9. The molecule has 0 saturated heterocycles. The summed E-state index contributed by atoms with van der Waals surface area (Å²) in [5.74, 6) is -0.180. The van der Waals surface area contributed by atoms with Gasteiger partial charge in [-0.15, -0.1) is 11.3 Å². The number of carbonyl (C=O) groups is 1. The lowest BCUT2D eigenvalue weighted by Crippen LogP contribution is -2.36. The zero-order valence-electron chi connectivity index (χ0n) is 15.6. The predicted molar refractivity (Wildman–Crippen MR) is 110 cm³/mol. The molecule has 1 saturated carbocycles. The van der Waals surface area contributed by atoms with Crippen LogP contribution >= 0.6 is 11.3 Å². The van der Waals surface area contributed by atoms with E-state index in [9.17, 15) is 13.2 Å². The molecular weight excluding hydrogens is 380 g/mol. The van der Waals surface area contributed by atoms with E-state index >= 15 is 0 Å². The Bertz CT molecular complexity index is 854. The van der Waals surface area contributed by atoms with Crippen LogP contribution in [0.1, 0.15) is 54.6 Å². The Balaban J connectivity index is 1.77. The number of hydrogen-bond acceptors (Lipinski definition) is 4. The number of carbonyl (C=O) groups excluding carboxylic acids is 1. The lowest BCUT2D eigenvalue weighted by Gasteiger charge is -2.23. The molecule has 27 heavy (non-hydrogen) atoms. The highest BCUT2D eigenvalue weighted by Crippen LogP contribution is 2.30. The monoisotopic (exact) mass is 406 g/mol. The number of nitrogens with one attached hydrogen (secondary N) is 1. The molecule has 0 aliphatic heterocycles. The van der Waals surface area contributed by atoms with Gasteiger partial charge in [0.1, 0.15) is 4.88 Å². The predicted octanol–water partition coefficient (Wildman–Crippen LogP) is 4.42. The van der Waals surface area contributed by atoms with Crippen LogP contribution in [0.15, 0.2) is 46.7 Å². The number of thiophene rings is 1. The van der Waals surface area contributed by atoms with Gasteiger partial charge in [0.25, 0.3) is 15.9 Å². The third-order valence-corrected chi connectivity index (χ3v) is 7.72. The largest absolute Gasteiger partial charge is 0.349 e. The summed E-state index contributed by atoms with van der Waals surface area (Å²) in [5, 5.41) is 4.89. The van der Waals surface area contributed by atoms with E-state index in [4.69, 9.17) is 0 Å². The molecule has 5 nitrogen and oxygen atoms in total. The first-order valence-corrected chi connectivity index (χ1v) is 11.7. The molecule has 3 rings (SSSR count). The minimum Gasteiger partial charge on any atom is -0.349 e. The molecule has 1 aliphatic rings. The van der Waals surface area contributed by atoms with E-state index in [1.165, 1.54) is 42.0 Å². The van der Waals surface area contributed by atoms with E-state index in [0.717, 1.165) is 25.7 Å². The Kier molecular flexibility index (Phi) is 6.55. The number of rotatable bonds is 5. The first-order valence-electron chi connectivity index (χ1n) is 9.42. The maximum Gasteiger partial charge on any atom is 0.264 e. The Hall–Kier alpha value is -1.86. The van der Waals surface area contributed by atoms with Crippen molar-refractivity contribution in [2.45, 2.75) is 55.9 Å². The van der Waals surface area contributed by atoms with Gasteiger partial charge in [0.15, 0.2) is 0 Å². The number of sulfonamides is 1. The van der Waals surface area contributed by atoms with Crippen molar-refractivity contribution in [2.24, 2.45) is 0 Å². The fraction of sp³-hybridized carbons (Fsp3) is 0.450. The molecule has 0 unspecified atom stereocenters. The van der Waals surface area contributed by atoms with Crippen LogP contribution in [-0.4, -0.2) is 27.4 Å². The van der Waals surface area contributed by atoms with Crippen molar-refractivity contribution in [2.75, 3.05) is 11.4 Å². The summed E-state index contributed by atoms with van der Waals surface area (Å²) in [5.41, 5.74) is 0.423. The van der Waals surface area contributed by atoms with Gasteiger partial charge in [-0.25, -0.2) is 8.42 Å². The van der Waals surface area contributed by atoms with Crippen LogP contribution < -0.4 is 9.62 Å². The number of benzene rings is 1. The molecule has 7 heteroatoms. The Morgan fingerprint density at radius 2 is 1.67 bits per heavy atom. The molecule has 0 radical (unpaired) electrons. The molecule has 1 aromatic heterocycles. The second-order valence-corrected chi connectivity index (χ2v) is 9.82. The Morgan fingerprint density at radius 1 is 1.04 bits per heavy atom. The Morgan fingerprint density at radius 3 is 2.33 bits per heavy atom.